The Bertz CT molecular complexity index is 433. The summed E-state index contributed by atoms with van der Waals surface area (Å²) in [4.78, 5) is 2.66. The predicted molar refractivity (Wildman–Crippen MR) is 77.3 cm³/mol. The number of hydrogen-bond donors (Lipinski definition) is 1. The van der Waals surface area contributed by atoms with Crippen LogP contribution in [0.3, 0.4) is 0 Å². The largest absolute Gasteiger partial charge is 0.508 e. The lowest BCUT2D eigenvalue weighted by atomic mass is 9.86. The van der Waals surface area contributed by atoms with E-state index in [1.165, 1.54) is 42.8 Å². The van der Waals surface area contributed by atoms with Crippen molar-refractivity contribution in [2.24, 2.45) is 0 Å². The molecule has 2 aliphatic rings. The summed E-state index contributed by atoms with van der Waals surface area (Å²) in [5.41, 5.74) is 2.83. The Hall–Kier alpha value is -0.670. The van der Waals surface area contributed by atoms with Crippen molar-refractivity contribution in [2.75, 3.05) is 18.8 Å². The van der Waals surface area contributed by atoms with Gasteiger partial charge >= 0.3 is 0 Å². The molecule has 3 heteroatoms. The number of phenols is 1. The van der Waals surface area contributed by atoms with Gasteiger partial charge in [0.2, 0.25) is 0 Å². The number of rotatable bonds is 2. The molecule has 1 fully saturated rings. The van der Waals surface area contributed by atoms with Gasteiger partial charge in [0, 0.05) is 23.6 Å². The van der Waals surface area contributed by atoms with Crippen molar-refractivity contribution in [3.8, 4) is 5.75 Å². The standard InChI is InChI=1S/C15H21NOS/c1-2-7-16-8-9-18-15-13-10-12(17)5-3-11(13)4-6-14(15)16/h3,5,10,14-15,17H,2,4,6-9H2,1H3/t14-,15-/m1/s1. The van der Waals surface area contributed by atoms with Crippen LogP contribution < -0.4 is 0 Å². The van der Waals surface area contributed by atoms with E-state index < -0.39 is 0 Å². The number of nitrogens with zero attached hydrogens (tertiary/aromatic N) is 1. The highest BCUT2D eigenvalue weighted by Gasteiger charge is 2.36. The number of benzene rings is 1. The smallest absolute Gasteiger partial charge is 0.115 e. The minimum absolute atomic E-state index is 0.419. The lowest BCUT2D eigenvalue weighted by molar-refractivity contribution is 0.180. The third kappa shape index (κ3) is 2.14. The number of aryl methyl sites for hydroxylation is 1. The Morgan fingerprint density at radius 1 is 1.44 bits per heavy atom. The van der Waals surface area contributed by atoms with E-state index in [9.17, 15) is 5.11 Å². The third-order valence-corrected chi connectivity index (χ3v) is 5.50. The van der Waals surface area contributed by atoms with Crippen molar-refractivity contribution in [2.45, 2.75) is 37.5 Å². The van der Waals surface area contributed by atoms with Crippen LogP contribution in [-0.2, 0) is 6.42 Å². The molecule has 18 heavy (non-hydrogen) atoms. The normalized spacial score (nSPS) is 27.6. The van der Waals surface area contributed by atoms with Crippen LogP contribution in [0.4, 0.5) is 0 Å². The van der Waals surface area contributed by atoms with E-state index in [0.29, 0.717) is 17.0 Å². The molecule has 1 aliphatic heterocycles. The van der Waals surface area contributed by atoms with Crippen molar-refractivity contribution in [3.63, 3.8) is 0 Å². The fraction of sp³-hybridized carbons (Fsp3) is 0.600. The fourth-order valence-electron chi connectivity index (χ4n) is 3.34. The maximum Gasteiger partial charge on any atom is 0.115 e. The van der Waals surface area contributed by atoms with E-state index >= 15 is 0 Å². The maximum absolute atomic E-state index is 9.72. The molecule has 1 aliphatic carbocycles. The van der Waals surface area contributed by atoms with E-state index in [0.717, 1.165) is 6.42 Å². The summed E-state index contributed by atoms with van der Waals surface area (Å²) in [6, 6.07) is 6.61. The zero-order valence-corrected chi connectivity index (χ0v) is 11.7. The minimum Gasteiger partial charge on any atom is -0.508 e. The second-order valence-electron chi connectivity index (χ2n) is 5.32. The summed E-state index contributed by atoms with van der Waals surface area (Å²) in [7, 11) is 0. The predicted octanol–water partition coefficient (Wildman–Crippen LogP) is 3.21. The average Bonchev–Trinajstić information content (AvgIpc) is 2.39. The minimum atomic E-state index is 0.419. The first-order chi connectivity index (χ1) is 8.79. The highest BCUT2D eigenvalue weighted by Crippen LogP contribution is 2.45. The van der Waals surface area contributed by atoms with Crippen LogP contribution in [0, 0.1) is 0 Å². The fourth-order valence-corrected chi connectivity index (χ4v) is 4.86. The molecule has 1 saturated heterocycles. The molecule has 2 nitrogen and oxygen atoms in total. The summed E-state index contributed by atoms with van der Waals surface area (Å²) in [5, 5.41) is 10.3. The molecule has 0 saturated carbocycles. The summed E-state index contributed by atoms with van der Waals surface area (Å²) in [6.45, 7) is 4.71. The number of hydrogen-bond acceptors (Lipinski definition) is 3. The van der Waals surface area contributed by atoms with Gasteiger partial charge in [-0.2, -0.15) is 11.8 Å². The number of fused-ring (bicyclic) bond motifs is 3. The van der Waals surface area contributed by atoms with Crippen LogP contribution >= 0.6 is 11.8 Å². The lowest BCUT2D eigenvalue weighted by Gasteiger charge is -2.44. The van der Waals surface area contributed by atoms with Gasteiger partial charge in [0.1, 0.15) is 5.75 Å². The van der Waals surface area contributed by atoms with E-state index in [-0.39, 0.29) is 0 Å². The van der Waals surface area contributed by atoms with Gasteiger partial charge < -0.3 is 5.11 Å². The van der Waals surface area contributed by atoms with Gasteiger partial charge in [-0.15, -0.1) is 0 Å². The van der Waals surface area contributed by atoms with Gasteiger partial charge in [0.05, 0.1) is 0 Å². The van der Waals surface area contributed by atoms with E-state index in [1.807, 2.05) is 12.1 Å². The number of phenolic OH excluding ortho intramolecular Hbond substituents is 1. The topological polar surface area (TPSA) is 23.5 Å². The lowest BCUT2D eigenvalue weighted by Crippen LogP contribution is -2.46. The quantitative estimate of drug-likeness (QED) is 0.886. The molecule has 1 aromatic rings. The molecule has 3 rings (SSSR count). The Labute approximate surface area is 113 Å². The van der Waals surface area contributed by atoms with Crippen molar-refractivity contribution in [1.29, 1.82) is 0 Å². The van der Waals surface area contributed by atoms with Crippen LogP contribution in [0.15, 0.2) is 18.2 Å². The van der Waals surface area contributed by atoms with Gasteiger partial charge in [-0.3, -0.25) is 4.90 Å². The van der Waals surface area contributed by atoms with Gasteiger partial charge in [0.25, 0.3) is 0 Å². The van der Waals surface area contributed by atoms with E-state index in [4.69, 9.17) is 0 Å². The van der Waals surface area contributed by atoms with Gasteiger partial charge in [-0.05, 0) is 49.1 Å². The first kappa shape index (κ1) is 12.4. The van der Waals surface area contributed by atoms with Crippen molar-refractivity contribution < 1.29 is 5.11 Å². The van der Waals surface area contributed by atoms with Crippen molar-refractivity contribution in [1.82, 2.24) is 4.90 Å². The second kappa shape index (κ2) is 5.14. The van der Waals surface area contributed by atoms with Crippen LogP contribution in [0.25, 0.3) is 0 Å². The molecular formula is C15H21NOS. The average molecular weight is 263 g/mol. The maximum atomic E-state index is 9.72. The molecule has 0 radical (unpaired) electrons. The third-order valence-electron chi connectivity index (χ3n) is 4.15. The highest BCUT2D eigenvalue weighted by atomic mass is 32.2. The summed E-state index contributed by atoms with van der Waals surface area (Å²) in [6.07, 6.45) is 3.67. The highest BCUT2D eigenvalue weighted by molar-refractivity contribution is 7.99. The zero-order chi connectivity index (χ0) is 12.5. The van der Waals surface area contributed by atoms with Crippen LogP contribution in [-0.4, -0.2) is 34.9 Å². The molecular weight excluding hydrogens is 242 g/mol. The molecule has 1 aromatic carbocycles. The second-order valence-corrected chi connectivity index (χ2v) is 6.57. The zero-order valence-electron chi connectivity index (χ0n) is 10.9. The first-order valence-corrected chi connectivity index (χ1v) is 8.02. The Balaban J connectivity index is 1.91. The van der Waals surface area contributed by atoms with Gasteiger partial charge in [-0.1, -0.05) is 13.0 Å². The molecule has 1 N–H and O–H groups in total. The summed E-state index contributed by atoms with van der Waals surface area (Å²) >= 11 is 2.08. The SMILES string of the molecule is CCCN1CCS[C@@H]2c3cc(O)ccc3CC[C@H]21. The van der Waals surface area contributed by atoms with Crippen molar-refractivity contribution >= 4 is 11.8 Å². The monoisotopic (exact) mass is 263 g/mol. The van der Waals surface area contributed by atoms with Crippen LogP contribution in [0.1, 0.15) is 36.1 Å². The van der Waals surface area contributed by atoms with E-state index in [2.05, 4.69) is 29.7 Å². The van der Waals surface area contributed by atoms with E-state index in [1.54, 1.807) is 0 Å². The molecule has 0 unspecified atom stereocenters. The molecule has 98 valence electrons. The summed E-state index contributed by atoms with van der Waals surface area (Å²) in [5.74, 6) is 1.64. The first-order valence-electron chi connectivity index (χ1n) is 6.97. The van der Waals surface area contributed by atoms with Crippen LogP contribution in [0.2, 0.25) is 0 Å². The Kier molecular flexibility index (Phi) is 3.53. The molecule has 2 atom stereocenters. The molecule has 1 heterocycles. The van der Waals surface area contributed by atoms with Crippen LogP contribution in [0.5, 0.6) is 5.75 Å². The Morgan fingerprint density at radius 2 is 2.33 bits per heavy atom. The summed E-state index contributed by atoms with van der Waals surface area (Å²) < 4.78 is 0. The van der Waals surface area contributed by atoms with Gasteiger partial charge in [-0.25, -0.2) is 0 Å². The van der Waals surface area contributed by atoms with Crippen molar-refractivity contribution in [3.05, 3.63) is 29.3 Å². The molecule has 0 bridgehead atoms. The molecule has 0 amide bonds. The number of thioether (sulfide) groups is 1. The Morgan fingerprint density at radius 3 is 3.17 bits per heavy atom. The number of aromatic hydroxyl groups is 1. The van der Waals surface area contributed by atoms with Gasteiger partial charge in [0.15, 0.2) is 0 Å². The molecule has 0 spiro atoms. The molecule has 0 aromatic heterocycles.